The van der Waals surface area contributed by atoms with Crippen LogP contribution in [0.1, 0.15) is 71.5 Å². The van der Waals surface area contributed by atoms with Gasteiger partial charge in [-0.25, -0.2) is 4.98 Å². The van der Waals surface area contributed by atoms with Crippen LogP contribution in [0.4, 0.5) is 0 Å². The number of rotatable bonds is 11. The van der Waals surface area contributed by atoms with Gasteiger partial charge < -0.3 is 14.8 Å². The number of likely N-dealkylation sites (tertiary alicyclic amines) is 1. The topological polar surface area (TPSA) is 67.2 Å². The van der Waals surface area contributed by atoms with E-state index in [1.807, 2.05) is 23.1 Å². The molecule has 176 valence electrons. The summed E-state index contributed by atoms with van der Waals surface area (Å²) in [5.74, 6) is 2.22. The third-order valence-electron chi connectivity index (χ3n) is 6.90. The molecule has 1 aromatic heterocycles. The van der Waals surface area contributed by atoms with Crippen LogP contribution in [0.3, 0.4) is 0 Å². The van der Waals surface area contributed by atoms with Gasteiger partial charge >= 0.3 is 0 Å². The smallest absolute Gasteiger partial charge is 0.242 e. The number of hydrogen-bond donors (Lipinski definition) is 1. The third-order valence-corrected chi connectivity index (χ3v) is 6.90. The van der Waals surface area contributed by atoms with Crippen molar-refractivity contribution in [3.63, 3.8) is 0 Å². The van der Waals surface area contributed by atoms with E-state index in [-0.39, 0.29) is 17.7 Å². The molecule has 0 unspecified atom stereocenters. The lowest BCUT2D eigenvalue weighted by molar-refractivity contribution is -0.133. The molecule has 6 heteroatoms. The van der Waals surface area contributed by atoms with Crippen LogP contribution in [0.25, 0.3) is 11.0 Å². The molecule has 32 heavy (non-hydrogen) atoms. The van der Waals surface area contributed by atoms with Gasteiger partial charge in [-0.2, -0.15) is 0 Å². The van der Waals surface area contributed by atoms with Crippen molar-refractivity contribution in [2.75, 3.05) is 19.6 Å². The fourth-order valence-electron chi connectivity index (χ4n) is 4.59. The SMILES string of the molecule is CCC(CC)C(=O)NCCCCCc1nc2ccccc2n1CC(=O)N1CCC(C)CC1. The van der Waals surface area contributed by atoms with E-state index in [2.05, 4.69) is 36.7 Å². The van der Waals surface area contributed by atoms with Crippen LogP contribution in [0, 0.1) is 11.8 Å². The van der Waals surface area contributed by atoms with Gasteiger partial charge in [-0.1, -0.05) is 39.3 Å². The molecule has 6 nitrogen and oxygen atoms in total. The number of fused-ring (bicyclic) bond motifs is 1. The van der Waals surface area contributed by atoms with Crippen LogP contribution in [0.2, 0.25) is 0 Å². The summed E-state index contributed by atoms with van der Waals surface area (Å²) in [5.41, 5.74) is 2.00. The highest BCUT2D eigenvalue weighted by Crippen LogP contribution is 2.20. The lowest BCUT2D eigenvalue weighted by atomic mass is 9.99. The molecule has 3 rings (SSSR count). The van der Waals surface area contributed by atoms with E-state index < -0.39 is 0 Å². The maximum Gasteiger partial charge on any atom is 0.242 e. The number of nitrogens with zero attached hydrogens (tertiary/aromatic N) is 3. The van der Waals surface area contributed by atoms with Gasteiger partial charge in [-0.05, 0) is 56.6 Å². The summed E-state index contributed by atoms with van der Waals surface area (Å²) in [6.45, 7) is 9.23. The number of aromatic nitrogens is 2. The Morgan fingerprint density at radius 2 is 1.81 bits per heavy atom. The number of carbonyl (C=O) groups excluding carboxylic acids is 2. The molecule has 1 aliphatic rings. The molecule has 0 atom stereocenters. The van der Waals surface area contributed by atoms with Gasteiger partial charge in [-0.15, -0.1) is 0 Å². The summed E-state index contributed by atoms with van der Waals surface area (Å²) in [6.07, 6.45) is 7.83. The van der Waals surface area contributed by atoms with Crippen molar-refractivity contribution in [3.8, 4) is 0 Å². The largest absolute Gasteiger partial charge is 0.356 e. The summed E-state index contributed by atoms with van der Waals surface area (Å²) in [6, 6.07) is 8.10. The minimum absolute atomic E-state index is 0.135. The van der Waals surface area contributed by atoms with Gasteiger partial charge in [0.2, 0.25) is 11.8 Å². The summed E-state index contributed by atoms with van der Waals surface area (Å²) < 4.78 is 2.12. The van der Waals surface area contributed by atoms with Crippen LogP contribution in [0.15, 0.2) is 24.3 Å². The molecule has 1 aliphatic heterocycles. The normalized spacial score (nSPS) is 14.9. The predicted molar refractivity (Wildman–Crippen MR) is 129 cm³/mol. The Balaban J connectivity index is 1.54. The van der Waals surface area contributed by atoms with Crippen molar-refractivity contribution in [1.29, 1.82) is 0 Å². The van der Waals surface area contributed by atoms with Gasteiger partial charge in [0, 0.05) is 32.0 Å². The van der Waals surface area contributed by atoms with Crippen molar-refractivity contribution < 1.29 is 9.59 Å². The molecule has 0 spiro atoms. The molecule has 1 saturated heterocycles. The van der Waals surface area contributed by atoms with Crippen LogP contribution in [0.5, 0.6) is 0 Å². The Bertz CT molecular complexity index is 879. The number of aryl methyl sites for hydroxylation is 1. The van der Waals surface area contributed by atoms with Crippen molar-refractivity contribution in [1.82, 2.24) is 19.8 Å². The molecule has 2 amide bonds. The van der Waals surface area contributed by atoms with E-state index in [0.717, 1.165) is 87.9 Å². The number of piperidine rings is 1. The summed E-state index contributed by atoms with van der Waals surface area (Å²) >= 11 is 0. The molecule has 1 N–H and O–H groups in total. The predicted octanol–water partition coefficient (Wildman–Crippen LogP) is 4.56. The molecule has 2 heterocycles. The first-order valence-corrected chi connectivity index (χ1v) is 12.5. The summed E-state index contributed by atoms with van der Waals surface area (Å²) in [5, 5.41) is 3.07. The minimum atomic E-state index is 0.135. The molecule has 1 fully saturated rings. The van der Waals surface area contributed by atoms with E-state index in [9.17, 15) is 9.59 Å². The lowest BCUT2D eigenvalue weighted by Gasteiger charge is -2.30. The Hall–Kier alpha value is -2.37. The van der Waals surface area contributed by atoms with Gasteiger partial charge in [0.25, 0.3) is 0 Å². The van der Waals surface area contributed by atoms with Crippen molar-refractivity contribution in [2.45, 2.75) is 78.7 Å². The zero-order valence-electron chi connectivity index (χ0n) is 20.1. The number of para-hydroxylation sites is 2. The second-order valence-electron chi connectivity index (χ2n) is 9.28. The average molecular weight is 441 g/mol. The summed E-state index contributed by atoms with van der Waals surface area (Å²) in [7, 11) is 0. The van der Waals surface area contributed by atoms with Crippen LogP contribution in [-0.4, -0.2) is 45.9 Å². The highest BCUT2D eigenvalue weighted by molar-refractivity contribution is 5.81. The lowest BCUT2D eigenvalue weighted by Crippen LogP contribution is -2.39. The van der Waals surface area contributed by atoms with E-state index >= 15 is 0 Å². The highest BCUT2D eigenvalue weighted by Gasteiger charge is 2.22. The first kappa shape index (κ1) is 24.3. The summed E-state index contributed by atoms with van der Waals surface area (Å²) in [4.78, 5) is 31.9. The van der Waals surface area contributed by atoms with E-state index in [1.54, 1.807) is 0 Å². The van der Waals surface area contributed by atoms with Gasteiger partial charge in [0.15, 0.2) is 0 Å². The Labute approximate surface area is 192 Å². The molecule has 0 saturated carbocycles. The molecule has 2 aromatic rings. The fourth-order valence-corrected chi connectivity index (χ4v) is 4.59. The van der Waals surface area contributed by atoms with Crippen LogP contribution >= 0.6 is 0 Å². The zero-order valence-corrected chi connectivity index (χ0v) is 20.1. The second kappa shape index (κ2) is 12.0. The first-order valence-electron chi connectivity index (χ1n) is 12.5. The number of hydrogen-bond acceptors (Lipinski definition) is 3. The van der Waals surface area contributed by atoms with Crippen LogP contribution < -0.4 is 5.32 Å². The van der Waals surface area contributed by atoms with Gasteiger partial charge in [-0.3, -0.25) is 9.59 Å². The van der Waals surface area contributed by atoms with Gasteiger partial charge in [0.1, 0.15) is 12.4 Å². The fraction of sp³-hybridized carbons (Fsp3) is 0.654. The molecular formula is C26H40N4O2. The standard InChI is InChI=1S/C26H40N4O2/c1-4-21(5-2)26(32)27-16-10-6-7-13-24-28-22-11-8-9-12-23(22)30(24)19-25(31)29-17-14-20(3)15-18-29/h8-9,11-12,20-21H,4-7,10,13-19H2,1-3H3,(H,27,32). The molecule has 1 aromatic carbocycles. The number of unbranched alkanes of at least 4 members (excludes halogenated alkanes) is 2. The van der Waals surface area contributed by atoms with Crippen LogP contribution in [-0.2, 0) is 22.6 Å². The highest BCUT2D eigenvalue weighted by atomic mass is 16.2. The van der Waals surface area contributed by atoms with E-state index in [1.165, 1.54) is 0 Å². The number of carbonyl (C=O) groups is 2. The maximum absolute atomic E-state index is 13.0. The maximum atomic E-state index is 13.0. The second-order valence-corrected chi connectivity index (χ2v) is 9.28. The third kappa shape index (κ3) is 6.33. The monoisotopic (exact) mass is 440 g/mol. The number of nitrogens with one attached hydrogen (secondary N) is 1. The van der Waals surface area contributed by atoms with Crippen molar-refractivity contribution in [2.24, 2.45) is 11.8 Å². The Morgan fingerprint density at radius 3 is 2.53 bits per heavy atom. The minimum Gasteiger partial charge on any atom is -0.356 e. The number of imidazole rings is 1. The van der Waals surface area contributed by atoms with E-state index in [4.69, 9.17) is 4.98 Å². The number of amides is 2. The molecule has 0 aliphatic carbocycles. The Morgan fingerprint density at radius 1 is 1.09 bits per heavy atom. The van der Waals surface area contributed by atoms with Crippen molar-refractivity contribution >= 4 is 22.8 Å². The van der Waals surface area contributed by atoms with Crippen molar-refractivity contribution in [3.05, 3.63) is 30.1 Å². The molecule has 0 bridgehead atoms. The molecular weight excluding hydrogens is 400 g/mol. The van der Waals surface area contributed by atoms with Gasteiger partial charge in [0.05, 0.1) is 11.0 Å². The number of benzene rings is 1. The Kier molecular flexibility index (Phi) is 9.12. The zero-order chi connectivity index (χ0) is 22.9. The quantitative estimate of drug-likeness (QED) is 0.521. The molecule has 0 radical (unpaired) electrons. The average Bonchev–Trinajstić information content (AvgIpc) is 3.14. The van der Waals surface area contributed by atoms with E-state index in [0.29, 0.717) is 12.5 Å². The first-order chi connectivity index (χ1) is 15.5.